The SMILES string of the molecule is CC1(C)c2ccccc2-c2c(N(c3ccc(F)cc3)c3ccc4ccc5c(N(c6ccc(F)cc6)c6cccc7c6-c6ccccc6C7(C)C)ccc6ccc3c4c65)cccc21. The molecule has 298 valence electrons. The van der Waals surface area contributed by atoms with E-state index in [-0.39, 0.29) is 22.5 Å². The molecule has 4 heteroatoms. The van der Waals surface area contributed by atoms with Gasteiger partial charge in [0.25, 0.3) is 0 Å². The Labute approximate surface area is 360 Å². The zero-order valence-electron chi connectivity index (χ0n) is 35.0. The Bertz CT molecular complexity index is 3210. The molecular formula is C58H42F2N2. The first-order valence-corrected chi connectivity index (χ1v) is 21.4. The minimum absolute atomic E-state index is 0.192. The summed E-state index contributed by atoms with van der Waals surface area (Å²) in [7, 11) is 0. The molecule has 2 aliphatic carbocycles. The third-order valence-electron chi connectivity index (χ3n) is 13.9. The van der Waals surface area contributed by atoms with Crippen molar-refractivity contribution in [2.24, 2.45) is 0 Å². The predicted octanol–water partition coefficient (Wildman–Crippen LogP) is 16.4. The number of rotatable bonds is 6. The molecule has 0 spiro atoms. The standard InChI is InChI=1S/C58H42F2N2/c1-57(2)45-13-7-5-11-41(45)55-47(57)15-9-17-51(55)61(39-27-23-37(59)24-28-39)49-33-21-35-20-32-44-50(34-22-36-19-31-43(49)53(35)54(36)44)62(40-29-25-38(60)26-30-40)52-18-10-16-48-56(52)42-12-6-8-14-46(42)58(48,3)4/h5-34H,1-4H3. The maximum absolute atomic E-state index is 14.7. The number of hydrogen-bond acceptors (Lipinski definition) is 2. The molecular weight excluding hydrogens is 763 g/mol. The van der Waals surface area contributed by atoms with E-state index in [1.807, 2.05) is 24.3 Å². The van der Waals surface area contributed by atoms with Gasteiger partial charge in [-0.1, -0.05) is 137 Å². The van der Waals surface area contributed by atoms with Gasteiger partial charge in [-0.3, -0.25) is 0 Å². The maximum Gasteiger partial charge on any atom is 0.123 e. The summed E-state index contributed by atoms with van der Waals surface area (Å²) < 4.78 is 29.4. The van der Waals surface area contributed by atoms with Gasteiger partial charge in [-0.05, 0) is 128 Å². The summed E-state index contributed by atoms with van der Waals surface area (Å²) in [6, 6.07) is 62.2. The summed E-state index contributed by atoms with van der Waals surface area (Å²) in [5.41, 5.74) is 15.4. The van der Waals surface area contributed by atoms with Crippen LogP contribution in [-0.2, 0) is 10.8 Å². The topological polar surface area (TPSA) is 6.48 Å². The highest BCUT2D eigenvalue weighted by atomic mass is 19.1. The molecule has 0 fully saturated rings. The van der Waals surface area contributed by atoms with Crippen LogP contribution < -0.4 is 9.80 Å². The zero-order valence-corrected chi connectivity index (χ0v) is 35.0. The Kier molecular flexibility index (Phi) is 7.72. The normalized spacial score (nSPS) is 14.2. The van der Waals surface area contributed by atoms with E-state index in [0.717, 1.165) is 66.4 Å². The smallest absolute Gasteiger partial charge is 0.123 e. The highest BCUT2D eigenvalue weighted by molar-refractivity contribution is 6.28. The van der Waals surface area contributed by atoms with E-state index in [2.05, 4.69) is 171 Å². The monoisotopic (exact) mass is 804 g/mol. The molecule has 0 unspecified atom stereocenters. The van der Waals surface area contributed by atoms with E-state index >= 15 is 0 Å². The molecule has 0 atom stereocenters. The first kappa shape index (κ1) is 36.5. The van der Waals surface area contributed by atoms with Crippen molar-refractivity contribution in [3.63, 3.8) is 0 Å². The molecule has 0 bridgehead atoms. The number of benzene rings is 10. The van der Waals surface area contributed by atoms with E-state index in [9.17, 15) is 8.78 Å². The number of halogens is 2. The molecule has 0 aromatic heterocycles. The summed E-state index contributed by atoms with van der Waals surface area (Å²) >= 11 is 0. The second-order valence-corrected chi connectivity index (χ2v) is 18.0. The second kappa shape index (κ2) is 13.1. The summed E-state index contributed by atoms with van der Waals surface area (Å²) in [6.07, 6.45) is 0. The largest absolute Gasteiger partial charge is 0.309 e. The molecule has 0 N–H and O–H groups in total. The quantitative estimate of drug-likeness (QED) is 0.155. The number of nitrogens with zero attached hydrogens (tertiary/aromatic N) is 2. The summed E-state index contributed by atoms with van der Waals surface area (Å²) in [4.78, 5) is 4.64. The van der Waals surface area contributed by atoms with Crippen LogP contribution in [-0.4, -0.2) is 0 Å². The van der Waals surface area contributed by atoms with Crippen LogP contribution in [0.2, 0.25) is 0 Å². The van der Waals surface area contributed by atoms with Gasteiger partial charge in [0.05, 0.1) is 22.7 Å². The van der Waals surface area contributed by atoms with Crippen LogP contribution >= 0.6 is 0 Å². The lowest BCUT2D eigenvalue weighted by atomic mass is 9.82. The molecule has 62 heavy (non-hydrogen) atoms. The lowest BCUT2D eigenvalue weighted by Gasteiger charge is -2.31. The van der Waals surface area contributed by atoms with Crippen LogP contribution in [0.5, 0.6) is 0 Å². The fourth-order valence-corrected chi connectivity index (χ4v) is 11.0. The minimum atomic E-state index is -0.275. The van der Waals surface area contributed by atoms with Gasteiger partial charge >= 0.3 is 0 Å². The van der Waals surface area contributed by atoms with Crippen molar-refractivity contribution in [2.75, 3.05) is 9.80 Å². The van der Waals surface area contributed by atoms with Gasteiger partial charge in [0, 0.05) is 44.1 Å². The van der Waals surface area contributed by atoms with Gasteiger partial charge in [0.1, 0.15) is 11.6 Å². The summed E-state index contributed by atoms with van der Waals surface area (Å²) in [5.74, 6) is -0.550. The Balaban J connectivity index is 1.13. The molecule has 10 aromatic carbocycles. The van der Waals surface area contributed by atoms with E-state index in [0.29, 0.717) is 0 Å². The second-order valence-electron chi connectivity index (χ2n) is 18.0. The molecule has 0 heterocycles. The van der Waals surface area contributed by atoms with Gasteiger partial charge in [-0.25, -0.2) is 8.78 Å². The van der Waals surface area contributed by atoms with Crippen LogP contribution in [0, 0.1) is 11.6 Å². The molecule has 0 amide bonds. The fraction of sp³-hybridized carbons (Fsp3) is 0.103. The zero-order chi connectivity index (χ0) is 42.1. The van der Waals surface area contributed by atoms with Crippen molar-refractivity contribution in [2.45, 2.75) is 38.5 Å². The first-order valence-electron chi connectivity index (χ1n) is 21.4. The van der Waals surface area contributed by atoms with E-state index in [4.69, 9.17) is 0 Å². The van der Waals surface area contributed by atoms with Crippen LogP contribution in [0.4, 0.5) is 42.9 Å². The van der Waals surface area contributed by atoms with Gasteiger partial charge in [0.2, 0.25) is 0 Å². The van der Waals surface area contributed by atoms with E-state index in [1.54, 1.807) is 24.3 Å². The highest BCUT2D eigenvalue weighted by Crippen LogP contribution is 2.57. The molecule has 2 aliphatic rings. The van der Waals surface area contributed by atoms with Crippen molar-refractivity contribution in [3.05, 3.63) is 216 Å². The first-order chi connectivity index (χ1) is 30.1. The Morgan fingerprint density at radius 2 is 0.710 bits per heavy atom. The summed E-state index contributed by atoms with van der Waals surface area (Å²) in [6.45, 7) is 9.21. The molecule has 0 aliphatic heterocycles. The average molecular weight is 805 g/mol. The van der Waals surface area contributed by atoms with Crippen LogP contribution in [0.15, 0.2) is 182 Å². The molecule has 12 rings (SSSR count). The highest BCUT2D eigenvalue weighted by Gasteiger charge is 2.39. The Morgan fingerprint density at radius 1 is 0.339 bits per heavy atom. The maximum atomic E-state index is 14.7. The average Bonchev–Trinajstić information content (AvgIpc) is 3.68. The Hall–Kier alpha value is -7.30. The van der Waals surface area contributed by atoms with E-state index < -0.39 is 0 Å². The molecule has 10 aromatic rings. The van der Waals surface area contributed by atoms with Gasteiger partial charge < -0.3 is 9.80 Å². The van der Waals surface area contributed by atoms with Crippen molar-refractivity contribution >= 4 is 66.4 Å². The number of fused-ring (bicyclic) bond motifs is 6. The molecule has 0 saturated carbocycles. The van der Waals surface area contributed by atoms with Crippen LogP contribution in [0.3, 0.4) is 0 Å². The van der Waals surface area contributed by atoms with Gasteiger partial charge in [0.15, 0.2) is 0 Å². The van der Waals surface area contributed by atoms with E-state index in [1.165, 1.54) is 44.5 Å². The van der Waals surface area contributed by atoms with Crippen LogP contribution in [0.25, 0.3) is 54.6 Å². The van der Waals surface area contributed by atoms with Crippen LogP contribution in [0.1, 0.15) is 49.9 Å². The van der Waals surface area contributed by atoms with Gasteiger partial charge in [-0.15, -0.1) is 0 Å². The third-order valence-corrected chi connectivity index (χ3v) is 13.9. The summed E-state index contributed by atoms with van der Waals surface area (Å²) in [5, 5.41) is 6.76. The van der Waals surface area contributed by atoms with Crippen molar-refractivity contribution in [1.82, 2.24) is 0 Å². The lowest BCUT2D eigenvalue weighted by Crippen LogP contribution is -2.16. The van der Waals surface area contributed by atoms with Crippen molar-refractivity contribution < 1.29 is 8.78 Å². The number of hydrogen-bond donors (Lipinski definition) is 0. The predicted molar refractivity (Wildman–Crippen MR) is 255 cm³/mol. The third kappa shape index (κ3) is 5.07. The minimum Gasteiger partial charge on any atom is -0.309 e. The molecule has 0 saturated heterocycles. The van der Waals surface area contributed by atoms with Crippen molar-refractivity contribution in [1.29, 1.82) is 0 Å². The fourth-order valence-electron chi connectivity index (χ4n) is 11.0. The number of anilines is 6. The molecule has 2 nitrogen and oxygen atoms in total. The lowest BCUT2D eigenvalue weighted by molar-refractivity contribution is 0.627. The Morgan fingerprint density at radius 3 is 1.13 bits per heavy atom. The van der Waals surface area contributed by atoms with Gasteiger partial charge in [-0.2, -0.15) is 0 Å². The van der Waals surface area contributed by atoms with Crippen molar-refractivity contribution in [3.8, 4) is 22.3 Å². The molecule has 0 radical (unpaired) electrons.